The summed E-state index contributed by atoms with van der Waals surface area (Å²) in [7, 11) is 0. The molecule has 80 valence electrons. The molecule has 1 nitrogen and oxygen atoms in total. The van der Waals surface area contributed by atoms with Crippen molar-refractivity contribution in [3.05, 3.63) is 60.7 Å². The number of fused-ring (bicyclic) bond motifs is 2. The van der Waals surface area contributed by atoms with E-state index in [0.29, 0.717) is 6.04 Å². The minimum absolute atomic E-state index is 0.00308. The second kappa shape index (κ2) is 3.11. The Hall–Kier alpha value is -1.76. The summed E-state index contributed by atoms with van der Waals surface area (Å²) >= 11 is 0. The standard InChI is InChI=1S/C15H15N/c1-11-12-7-3-4-8-13(12)16-14-9-5-6-10-15(11,14)2/h3-10,14,16H,1H2,2H3. The summed E-state index contributed by atoms with van der Waals surface area (Å²) in [6.07, 6.45) is 8.65. The number of para-hydroxylation sites is 1. The Labute approximate surface area is 96.2 Å². The van der Waals surface area contributed by atoms with Crippen LogP contribution >= 0.6 is 0 Å². The Kier molecular flexibility index (Phi) is 1.84. The highest BCUT2D eigenvalue weighted by atomic mass is 15.0. The Morgan fingerprint density at radius 2 is 2.06 bits per heavy atom. The van der Waals surface area contributed by atoms with Crippen LogP contribution < -0.4 is 5.32 Å². The Morgan fingerprint density at radius 3 is 2.94 bits per heavy atom. The maximum atomic E-state index is 4.29. The number of hydrogen-bond donors (Lipinski definition) is 1. The predicted molar refractivity (Wildman–Crippen MR) is 69.3 cm³/mol. The van der Waals surface area contributed by atoms with Gasteiger partial charge in [0.15, 0.2) is 0 Å². The summed E-state index contributed by atoms with van der Waals surface area (Å²) in [6, 6.07) is 8.70. The molecule has 0 saturated carbocycles. The molecule has 1 aromatic carbocycles. The molecule has 0 aromatic heterocycles. The zero-order valence-corrected chi connectivity index (χ0v) is 9.40. The summed E-state index contributed by atoms with van der Waals surface area (Å²) < 4.78 is 0. The van der Waals surface area contributed by atoms with E-state index >= 15 is 0 Å². The van der Waals surface area contributed by atoms with Crippen LogP contribution in [0.4, 0.5) is 5.69 Å². The topological polar surface area (TPSA) is 12.0 Å². The fraction of sp³-hybridized carbons (Fsp3) is 0.200. The number of allylic oxidation sites excluding steroid dienone is 2. The molecule has 0 amide bonds. The van der Waals surface area contributed by atoms with Gasteiger partial charge in [0.2, 0.25) is 0 Å². The van der Waals surface area contributed by atoms with Crippen LogP contribution in [0.15, 0.2) is 55.1 Å². The van der Waals surface area contributed by atoms with Crippen molar-refractivity contribution in [1.29, 1.82) is 0 Å². The van der Waals surface area contributed by atoms with Crippen LogP contribution in [0, 0.1) is 5.41 Å². The largest absolute Gasteiger partial charge is 0.377 e. The highest BCUT2D eigenvalue weighted by molar-refractivity contribution is 5.84. The lowest BCUT2D eigenvalue weighted by atomic mass is 9.69. The first-order valence-electron chi connectivity index (χ1n) is 5.63. The zero-order valence-electron chi connectivity index (χ0n) is 9.40. The van der Waals surface area contributed by atoms with Crippen molar-refractivity contribution in [2.24, 2.45) is 5.41 Å². The number of benzene rings is 1. The normalized spacial score (nSPS) is 30.6. The Morgan fingerprint density at radius 1 is 1.25 bits per heavy atom. The summed E-state index contributed by atoms with van der Waals surface area (Å²) in [5, 5.41) is 3.57. The quantitative estimate of drug-likeness (QED) is 0.688. The van der Waals surface area contributed by atoms with Gasteiger partial charge in [0.1, 0.15) is 0 Å². The number of nitrogens with one attached hydrogen (secondary N) is 1. The highest BCUT2D eigenvalue weighted by Crippen LogP contribution is 2.47. The Balaban J connectivity index is 2.18. The van der Waals surface area contributed by atoms with Crippen molar-refractivity contribution in [1.82, 2.24) is 0 Å². The maximum absolute atomic E-state index is 4.29. The molecule has 3 rings (SSSR count). The SMILES string of the molecule is C=C1c2ccccc2NC2C=CC=CC12C. The van der Waals surface area contributed by atoms with Crippen LogP contribution in [0.3, 0.4) is 0 Å². The van der Waals surface area contributed by atoms with E-state index in [0.717, 1.165) is 0 Å². The summed E-state index contributed by atoms with van der Waals surface area (Å²) in [6.45, 7) is 6.53. The van der Waals surface area contributed by atoms with Crippen molar-refractivity contribution >= 4 is 11.3 Å². The minimum Gasteiger partial charge on any atom is -0.377 e. The second-order valence-corrected chi connectivity index (χ2v) is 4.67. The third kappa shape index (κ3) is 1.12. The van der Waals surface area contributed by atoms with Crippen LogP contribution in [0.1, 0.15) is 12.5 Å². The molecule has 0 saturated heterocycles. The third-order valence-electron chi connectivity index (χ3n) is 3.72. The summed E-state index contributed by atoms with van der Waals surface area (Å²) in [5.74, 6) is 0. The average Bonchev–Trinajstić information content (AvgIpc) is 2.31. The molecule has 1 aliphatic heterocycles. The van der Waals surface area contributed by atoms with E-state index in [2.05, 4.69) is 67.4 Å². The fourth-order valence-corrected chi connectivity index (χ4v) is 2.55. The molecule has 2 atom stereocenters. The number of rotatable bonds is 0. The summed E-state index contributed by atoms with van der Waals surface area (Å²) in [5.41, 5.74) is 3.63. The van der Waals surface area contributed by atoms with Gasteiger partial charge >= 0.3 is 0 Å². The lowest BCUT2D eigenvalue weighted by Gasteiger charge is -2.43. The van der Waals surface area contributed by atoms with Gasteiger partial charge in [0, 0.05) is 16.7 Å². The molecule has 0 bridgehead atoms. The van der Waals surface area contributed by atoms with Crippen LogP contribution in [0.2, 0.25) is 0 Å². The first-order valence-corrected chi connectivity index (χ1v) is 5.63. The lowest BCUT2D eigenvalue weighted by Crippen LogP contribution is -2.41. The van der Waals surface area contributed by atoms with E-state index in [1.54, 1.807) is 0 Å². The van der Waals surface area contributed by atoms with E-state index in [4.69, 9.17) is 0 Å². The van der Waals surface area contributed by atoms with Crippen molar-refractivity contribution in [3.63, 3.8) is 0 Å². The van der Waals surface area contributed by atoms with Gasteiger partial charge in [0.25, 0.3) is 0 Å². The van der Waals surface area contributed by atoms with Gasteiger partial charge in [-0.1, -0.05) is 49.1 Å². The molecular formula is C15H15N. The zero-order chi connectivity index (χ0) is 11.2. The second-order valence-electron chi connectivity index (χ2n) is 4.67. The molecular weight excluding hydrogens is 194 g/mol. The molecule has 16 heavy (non-hydrogen) atoms. The minimum atomic E-state index is 0.00308. The molecule has 0 radical (unpaired) electrons. The van der Waals surface area contributed by atoms with Crippen molar-refractivity contribution < 1.29 is 0 Å². The molecule has 2 aliphatic rings. The van der Waals surface area contributed by atoms with Crippen LogP contribution in [0.5, 0.6) is 0 Å². The van der Waals surface area contributed by atoms with Gasteiger partial charge in [0.05, 0.1) is 6.04 Å². The highest BCUT2D eigenvalue weighted by Gasteiger charge is 2.39. The van der Waals surface area contributed by atoms with E-state index in [1.807, 2.05) is 0 Å². The molecule has 1 heteroatoms. The smallest absolute Gasteiger partial charge is 0.0576 e. The average molecular weight is 209 g/mol. The predicted octanol–water partition coefficient (Wildman–Crippen LogP) is 3.63. The summed E-state index contributed by atoms with van der Waals surface area (Å²) in [4.78, 5) is 0. The van der Waals surface area contributed by atoms with Gasteiger partial charge in [-0.25, -0.2) is 0 Å². The van der Waals surface area contributed by atoms with Crippen LogP contribution in [0.25, 0.3) is 5.57 Å². The monoisotopic (exact) mass is 209 g/mol. The third-order valence-corrected chi connectivity index (χ3v) is 3.72. The van der Waals surface area contributed by atoms with E-state index in [9.17, 15) is 0 Å². The lowest BCUT2D eigenvalue weighted by molar-refractivity contribution is 0.516. The van der Waals surface area contributed by atoms with E-state index in [-0.39, 0.29) is 5.41 Å². The van der Waals surface area contributed by atoms with Gasteiger partial charge in [-0.3, -0.25) is 0 Å². The Bertz CT molecular complexity index is 510. The maximum Gasteiger partial charge on any atom is 0.0576 e. The first kappa shape index (κ1) is 9.46. The molecule has 2 unspecified atom stereocenters. The molecule has 1 aliphatic carbocycles. The molecule has 1 aromatic rings. The van der Waals surface area contributed by atoms with Gasteiger partial charge in [-0.2, -0.15) is 0 Å². The van der Waals surface area contributed by atoms with Crippen molar-refractivity contribution in [2.75, 3.05) is 5.32 Å². The van der Waals surface area contributed by atoms with E-state index < -0.39 is 0 Å². The number of anilines is 1. The van der Waals surface area contributed by atoms with E-state index in [1.165, 1.54) is 16.8 Å². The fourth-order valence-electron chi connectivity index (χ4n) is 2.55. The van der Waals surface area contributed by atoms with Gasteiger partial charge < -0.3 is 5.32 Å². The molecule has 1 heterocycles. The van der Waals surface area contributed by atoms with Crippen molar-refractivity contribution in [2.45, 2.75) is 13.0 Å². The van der Waals surface area contributed by atoms with Gasteiger partial charge in [-0.05, 0) is 18.6 Å². The van der Waals surface area contributed by atoms with Gasteiger partial charge in [-0.15, -0.1) is 0 Å². The number of hydrogen-bond acceptors (Lipinski definition) is 1. The molecule has 0 fully saturated rings. The first-order chi connectivity index (χ1) is 7.72. The van der Waals surface area contributed by atoms with Crippen molar-refractivity contribution in [3.8, 4) is 0 Å². The van der Waals surface area contributed by atoms with Crippen LogP contribution in [-0.4, -0.2) is 6.04 Å². The molecule has 1 N–H and O–H groups in total. The molecule has 0 spiro atoms. The van der Waals surface area contributed by atoms with Crippen LogP contribution in [-0.2, 0) is 0 Å².